The number of aliphatic hydroxyl groups is 3. The first-order valence-electron chi connectivity index (χ1n) is 30.5. The van der Waals surface area contributed by atoms with Gasteiger partial charge < -0.3 is 31.3 Å². The Bertz CT molecular complexity index is 4850. The molecular formula is C72H57Cl3N18O6. The second-order valence-electron chi connectivity index (χ2n) is 22.8. The number of halogens is 3. The topological polar surface area (TPSA) is 292 Å². The van der Waals surface area contributed by atoms with Crippen LogP contribution in [0.5, 0.6) is 0 Å². The highest BCUT2D eigenvalue weighted by Crippen LogP contribution is 2.33. The van der Waals surface area contributed by atoms with Crippen LogP contribution in [0.25, 0.3) is 83.7 Å². The van der Waals surface area contributed by atoms with E-state index in [0.717, 1.165) is 83.7 Å². The first-order chi connectivity index (χ1) is 47.9. The van der Waals surface area contributed by atoms with Crippen LogP contribution in [0.1, 0.15) is 35.0 Å². The molecule has 0 saturated carbocycles. The Morgan fingerprint density at radius 1 is 0.333 bits per heavy atom. The van der Waals surface area contributed by atoms with Gasteiger partial charge in [-0.15, -0.1) is 0 Å². The Morgan fingerprint density at radius 3 is 0.818 bits per heavy atom. The summed E-state index contributed by atoms with van der Waals surface area (Å²) in [7, 11) is 5.62. The number of carbonyl (C=O) groups is 3. The molecule has 492 valence electrons. The van der Waals surface area contributed by atoms with Gasteiger partial charge in [0.05, 0.1) is 52.2 Å². The van der Waals surface area contributed by atoms with Gasteiger partial charge >= 0.3 is 0 Å². The summed E-state index contributed by atoms with van der Waals surface area (Å²) in [4.78, 5) is 50.7. The lowest BCUT2D eigenvalue weighted by Gasteiger charge is -2.12. The van der Waals surface area contributed by atoms with E-state index in [1.54, 1.807) is 155 Å². The minimum atomic E-state index is -1.30. The predicted molar refractivity (Wildman–Crippen MR) is 377 cm³/mol. The van der Waals surface area contributed by atoms with Crippen LogP contribution in [0.4, 0.5) is 17.1 Å². The summed E-state index contributed by atoms with van der Waals surface area (Å²) in [6, 6.07) is 47.4. The zero-order valence-corrected chi connectivity index (χ0v) is 54.9. The highest BCUT2D eigenvalue weighted by molar-refractivity contribution is 6.31. The van der Waals surface area contributed by atoms with Gasteiger partial charge in [0.15, 0.2) is 18.3 Å². The van der Waals surface area contributed by atoms with Crippen molar-refractivity contribution in [3.63, 3.8) is 0 Å². The zero-order valence-electron chi connectivity index (χ0n) is 52.7. The highest BCUT2D eigenvalue weighted by atomic mass is 35.5. The minimum Gasteiger partial charge on any atom is -0.378 e. The molecule has 3 amide bonds. The molecule has 0 spiro atoms. The Balaban J connectivity index is 0.000000133. The van der Waals surface area contributed by atoms with Gasteiger partial charge in [-0.05, 0) is 108 Å². The highest BCUT2D eigenvalue weighted by Gasteiger charge is 2.22. The number of amides is 3. The normalized spacial score (nSPS) is 12.1. The smallest absolute Gasteiger partial charge is 0.257 e. The fourth-order valence-corrected chi connectivity index (χ4v) is 11.2. The van der Waals surface area contributed by atoms with Crippen molar-refractivity contribution in [2.75, 3.05) is 16.0 Å². The number of nitrogens with zero attached hydrogens (tertiary/aromatic N) is 15. The molecule has 0 bridgehead atoms. The Hall–Kier alpha value is -12.0. The maximum atomic E-state index is 12.4. The number of aliphatic hydroxyl groups excluding tert-OH is 3. The third-order valence-corrected chi connectivity index (χ3v) is 16.7. The number of fused-ring (bicyclic) bond motifs is 3. The molecule has 9 aromatic heterocycles. The number of aryl methyl sites for hydroxylation is 3. The molecule has 0 radical (unpaired) electrons. The lowest BCUT2D eigenvalue weighted by Crippen LogP contribution is -2.20. The standard InChI is InChI=1S/3C24H19ClN6O2/c3*1-30-12-18(11-27-30)17-10-21-22(26-14-28-31(21)13-17)15-4-8-20(9-5-15)29-24(33)23(32)16-2-6-19(25)7-3-16/h3*2-14,23,32H,1H3,(H,29,33)/t2*23-;/m10./s1. The number of anilines is 3. The third-order valence-electron chi connectivity index (χ3n) is 15.9. The molecule has 0 aliphatic heterocycles. The van der Waals surface area contributed by atoms with Crippen LogP contribution in [-0.2, 0) is 35.5 Å². The molecule has 9 heterocycles. The first kappa shape index (κ1) is 65.6. The molecule has 1 unspecified atom stereocenters. The lowest BCUT2D eigenvalue weighted by molar-refractivity contribution is -0.124. The van der Waals surface area contributed by atoms with Crippen molar-refractivity contribution < 1.29 is 29.7 Å². The Kier molecular flexibility index (Phi) is 19.0. The van der Waals surface area contributed by atoms with E-state index in [2.05, 4.69) is 61.5 Å². The van der Waals surface area contributed by atoms with E-state index < -0.39 is 36.0 Å². The number of benzene rings is 6. The zero-order chi connectivity index (χ0) is 68.8. The van der Waals surface area contributed by atoms with E-state index >= 15 is 0 Å². The van der Waals surface area contributed by atoms with Gasteiger partial charge in [-0.25, -0.2) is 28.5 Å². The van der Waals surface area contributed by atoms with E-state index in [1.165, 1.54) is 19.0 Å². The van der Waals surface area contributed by atoms with E-state index in [0.29, 0.717) is 48.8 Å². The van der Waals surface area contributed by atoms with E-state index in [9.17, 15) is 29.7 Å². The summed E-state index contributed by atoms with van der Waals surface area (Å²) in [6.07, 6.45) is 17.7. The van der Waals surface area contributed by atoms with Gasteiger partial charge in [0.25, 0.3) is 17.7 Å². The number of nitrogens with one attached hydrogen (secondary N) is 3. The van der Waals surface area contributed by atoms with Crippen molar-refractivity contribution in [1.82, 2.24) is 73.1 Å². The van der Waals surface area contributed by atoms with Gasteiger partial charge in [0.1, 0.15) is 19.0 Å². The molecule has 24 nitrogen and oxygen atoms in total. The van der Waals surface area contributed by atoms with Crippen LogP contribution in [0, 0.1) is 0 Å². The van der Waals surface area contributed by atoms with Crippen molar-refractivity contribution in [2.45, 2.75) is 18.3 Å². The minimum absolute atomic E-state index is 0.467. The van der Waals surface area contributed by atoms with Crippen molar-refractivity contribution in [2.24, 2.45) is 21.1 Å². The average Bonchev–Trinajstić information content (AvgIpc) is 1.67. The van der Waals surface area contributed by atoms with Crippen LogP contribution < -0.4 is 16.0 Å². The number of rotatable bonds is 15. The summed E-state index contributed by atoms with van der Waals surface area (Å²) < 4.78 is 10.6. The predicted octanol–water partition coefficient (Wildman–Crippen LogP) is 12.4. The molecular weight excluding hydrogens is 1320 g/mol. The Labute approximate surface area is 578 Å². The molecule has 0 aliphatic rings. The van der Waals surface area contributed by atoms with Crippen molar-refractivity contribution >= 4 is 86.1 Å². The molecule has 0 saturated heterocycles. The SMILES string of the molecule is Cn1cc(-c2cc3c(-c4ccc(NC(=O)C(O)c5ccc(Cl)cc5)cc4)ncnn3c2)cn1.Cn1cc(-c2cc3c(-c4ccc(NC(=O)[C@@H](O)c5ccc(Cl)cc5)cc4)ncnn3c2)cn1.Cn1cc(-c2cc3c(-c4ccc(NC(=O)[C@H](O)c5ccc(Cl)cc5)cc4)ncnn3c2)cn1. The van der Waals surface area contributed by atoms with Crippen molar-refractivity contribution in [1.29, 1.82) is 0 Å². The fourth-order valence-electron chi connectivity index (χ4n) is 10.8. The van der Waals surface area contributed by atoms with E-state index in [1.807, 2.05) is 113 Å². The van der Waals surface area contributed by atoms with Crippen LogP contribution in [0.15, 0.2) is 239 Å². The molecule has 15 aromatic rings. The van der Waals surface area contributed by atoms with Gasteiger partial charge in [0.2, 0.25) is 0 Å². The molecule has 6 aromatic carbocycles. The monoisotopic (exact) mass is 1370 g/mol. The van der Waals surface area contributed by atoms with Gasteiger partial charge in [-0.3, -0.25) is 28.4 Å². The second kappa shape index (κ2) is 28.7. The maximum absolute atomic E-state index is 12.4. The molecule has 3 atom stereocenters. The molecule has 27 heteroatoms. The van der Waals surface area contributed by atoms with Gasteiger partial charge in [0, 0.05) is 141 Å². The third kappa shape index (κ3) is 15.0. The van der Waals surface area contributed by atoms with Gasteiger partial charge in [-0.1, -0.05) is 108 Å². The quantitative estimate of drug-likeness (QED) is 0.0556. The lowest BCUT2D eigenvalue weighted by atomic mass is 10.1. The van der Waals surface area contributed by atoms with Crippen molar-refractivity contribution in [3.05, 3.63) is 270 Å². The van der Waals surface area contributed by atoms with Crippen LogP contribution in [0.3, 0.4) is 0 Å². The van der Waals surface area contributed by atoms with Crippen LogP contribution in [0.2, 0.25) is 15.1 Å². The molecule has 6 N–H and O–H groups in total. The van der Waals surface area contributed by atoms with Crippen LogP contribution in [-0.4, -0.2) is 106 Å². The first-order valence-corrected chi connectivity index (χ1v) is 31.6. The van der Waals surface area contributed by atoms with Crippen molar-refractivity contribution in [3.8, 4) is 67.2 Å². The average molecular weight is 1380 g/mol. The molecule has 99 heavy (non-hydrogen) atoms. The van der Waals surface area contributed by atoms with E-state index in [4.69, 9.17) is 34.8 Å². The summed E-state index contributed by atoms with van der Waals surface area (Å²) in [6.45, 7) is 0. The summed E-state index contributed by atoms with van der Waals surface area (Å²) >= 11 is 17.6. The Morgan fingerprint density at radius 2 is 0.586 bits per heavy atom. The van der Waals surface area contributed by atoms with E-state index in [-0.39, 0.29) is 0 Å². The summed E-state index contributed by atoms with van der Waals surface area (Å²) in [5, 5.41) is 66.4. The fraction of sp³-hybridized carbons (Fsp3) is 0.0833. The summed E-state index contributed by atoms with van der Waals surface area (Å²) in [5.74, 6) is -1.58. The number of hydrogen-bond acceptors (Lipinski definition) is 15. The number of hydrogen-bond donors (Lipinski definition) is 6. The summed E-state index contributed by atoms with van der Waals surface area (Å²) in [5.41, 5.74) is 16.5. The van der Waals surface area contributed by atoms with Crippen LogP contribution >= 0.6 is 34.8 Å². The largest absolute Gasteiger partial charge is 0.378 e. The number of aromatic nitrogens is 15. The molecule has 15 rings (SSSR count). The molecule has 0 aliphatic carbocycles. The maximum Gasteiger partial charge on any atom is 0.257 e. The molecule has 0 fully saturated rings. The van der Waals surface area contributed by atoms with Gasteiger partial charge in [-0.2, -0.15) is 30.6 Å². The second-order valence-corrected chi connectivity index (χ2v) is 24.1. The number of carbonyl (C=O) groups excluding carboxylic acids is 3.